The van der Waals surface area contributed by atoms with Gasteiger partial charge in [0.2, 0.25) is 6.33 Å². The lowest BCUT2D eigenvalue weighted by molar-refractivity contribution is -0.671. The van der Waals surface area contributed by atoms with Crippen LogP contribution in [0.4, 0.5) is 10.2 Å². The van der Waals surface area contributed by atoms with E-state index in [0.717, 1.165) is 24.4 Å². The first-order valence-electron chi connectivity index (χ1n) is 10.7. The second-order valence-electron chi connectivity index (χ2n) is 8.33. The Morgan fingerprint density at radius 3 is 2.97 bits per heavy atom. The van der Waals surface area contributed by atoms with E-state index in [9.17, 15) is 12.8 Å². The van der Waals surface area contributed by atoms with Gasteiger partial charge in [0, 0.05) is 43.0 Å². The normalized spacial score (nSPS) is 17.3. The molecule has 5 heterocycles. The third-order valence-corrected chi connectivity index (χ3v) is 7.87. The molecule has 13 heteroatoms. The molecule has 178 valence electrons. The van der Waals surface area contributed by atoms with Gasteiger partial charge >= 0.3 is 0 Å². The van der Waals surface area contributed by atoms with E-state index in [1.54, 1.807) is 36.4 Å². The van der Waals surface area contributed by atoms with Gasteiger partial charge in [-0.05, 0) is 24.8 Å². The highest BCUT2D eigenvalue weighted by Gasteiger charge is 2.33. The molecule has 0 aliphatic carbocycles. The van der Waals surface area contributed by atoms with Gasteiger partial charge in [0.25, 0.3) is 15.0 Å². The van der Waals surface area contributed by atoms with Gasteiger partial charge in [0.15, 0.2) is 17.5 Å². The van der Waals surface area contributed by atoms with Gasteiger partial charge in [-0.1, -0.05) is 11.6 Å². The second-order valence-corrected chi connectivity index (χ2v) is 10.7. The zero-order chi connectivity index (χ0) is 23.9. The summed E-state index contributed by atoms with van der Waals surface area (Å²) >= 11 is 6.07. The maximum absolute atomic E-state index is 14.5. The summed E-state index contributed by atoms with van der Waals surface area (Å²) in [6.45, 7) is 1.16. The first-order valence-corrected chi connectivity index (χ1v) is 12.6. The fourth-order valence-electron chi connectivity index (χ4n) is 4.14. The largest absolute Gasteiger partial charge is 0.367 e. The van der Waals surface area contributed by atoms with Gasteiger partial charge in [0.1, 0.15) is 11.8 Å². The number of H-pyrrole nitrogens is 2. The van der Waals surface area contributed by atoms with Crippen LogP contribution in [0, 0.1) is 11.7 Å². The van der Waals surface area contributed by atoms with Crippen LogP contribution in [0.1, 0.15) is 12.8 Å². The van der Waals surface area contributed by atoms with Gasteiger partial charge in [-0.2, -0.15) is 4.31 Å². The van der Waals surface area contributed by atoms with E-state index in [0.29, 0.717) is 41.7 Å². The number of hydrogen-bond donors (Lipinski definition) is 3. The highest BCUT2D eigenvalue weighted by molar-refractivity contribution is 7.89. The molecule has 5 rings (SSSR count). The molecule has 1 saturated heterocycles. The number of sulfonamides is 1. The molecule has 10 nitrogen and oxygen atoms in total. The van der Waals surface area contributed by atoms with Crippen molar-refractivity contribution in [2.24, 2.45) is 13.0 Å². The van der Waals surface area contributed by atoms with E-state index >= 15 is 0 Å². The number of imidazole rings is 1. The standard InChI is InChI=1S/C21H22ClFN8O2S/c1-30-11-18(28-12-30)34(32,33)31-4-2-3-13(10-31)6-24-21-17(23)9-27-20(29-21)16-8-26-19-15(16)5-14(22)7-25-19/h5,7-9,11-13H,2-4,6,10H2,1H3,(H2,24,25,26,27,29)/p+1. The number of aromatic amines is 2. The Kier molecular flexibility index (Phi) is 5.96. The third kappa shape index (κ3) is 4.36. The number of anilines is 1. The lowest BCUT2D eigenvalue weighted by Gasteiger charge is -2.31. The predicted octanol–water partition coefficient (Wildman–Crippen LogP) is 2.48. The molecule has 4 aromatic rings. The van der Waals surface area contributed by atoms with Crippen LogP contribution in [0.3, 0.4) is 0 Å². The lowest BCUT2D eigenvalue weighted by atomic mass is 10.00. The molecular weight excluding hydrogens is 483 g/mol. The molecular formula is C21H23ClFN8O2S+. The molecule has 3 N–H and O–H groups in total. The van der Waals surface area contributed by atoms with Gasteiger partial charge < -0.3 is 10.3 Å². The molecule has 1 aliphatic heterocycles. The molecule has 0 aromatic carbocycles. The summed E-state index contributed by atoms with van der Waals surface area (Å²) < 4.78 is 43.5. The SMILES string of the molecule is C[n+]1c[nH]c(S(=O)(=O)N2CCCC(CNc3nc(-c4c[nH]c5ncc(Cl)cc45)ncc3F)C2)c1. The Hall–Kier alpha value is -3.09. The molecule has 1 fully saturated rings. The van der Waals surface area contributed by atoms with Crippen LogP contribution in [0.15, 0.2) is 42.2 Å². The summed E-state index contributed by atoms with van der Waals surface area (Å²) in [7, 11) is -1.86. The Morgan fingerprint density at radius 1 is 1.32 bits per heavy atom. The summed E-state index contributed by atoms with van der Waals surface area (Å²) in [6, 6.07) is 1.75. The van der Waals surface area contributed by atoms with Gasteiger partial charge in [-0.15, -0.1) is 0 Å². The summed E-state index contributed by atoms with van der Waals surface area (Å²) in [4.78, 5) is 18.5. The molecule has 1 aliphatic rings. The average Bonchev–Trinajstić information content (AvgIpc) is 3.45. The van der Waals surface area contributed by atoms with Crippen molar-refractivity contribution in [1.29, 1.82) is 0 Å². The van der Waals surface area contributed by atoms with Crippen molar-refractivity contribution in [2.75, 3.05) is 25.0 Å². The fraction of sp³-hybridized carbons (Fsp3) is 0.333. The van der Waals surface area contributed by atoms with E-state index in [4.69, 9.17) is 11.6 Å². The maximum atomic E-state index is 14.5. The van der Waals surface area contributed by atoms with E-state index in [1.807, 2.05) is 0 Å². The van der Waals surface area contributed by atoms with Crippen LogP contribution in [0.5, 0.6) is 0 Å². The Bertz CT molecular complexity index is 1450. The van der Waals surface area contributed by atoms with E-state index < -0.39 is 15.8 Å². The minimum absolute atomic E-state index is 0.00106. The summed E-state index contributed by atoms with van der Waals surface area (Å²) in [5.41, 5.74) is 1.28. The van der Waals surface area contributed by atoms with Crippen molar-refractivity contribution in [3.8, 4) is 11.4 Å². The predicted molar refractivity (Wildman–Crippen MR) is 124 cm³/mol. The average molecular weight is 506 g/mol. The van der Waals surface area contributed by atoms with Gasteiger partial charge in [0.05, 0.1) is 18.3 Å². The number of piperidine rings is 1. The monoisotopic (exact) mass is 505 g/mol. The number of halogens is 2. The molecule has 1 atom stereocenters. The number of pyridine rings is 1. The van der Waals surface area contributed by atoms with E-state index in [-0.39, 0.29) is 16.8 Å². The van der Waals surface area contributed by atoms with Crippen LogP contribution in [0.25, 0.3) is 22.4 Å². The molecule has 34 heavy (non-hydrogen) atoms. The molecule has 0 spiro atoms. The number of nitrogens with zero attached hydrogens (tertiary/aromatic N) is 5. The lowest BCUT2D eigenvalue weighted by Crippen LogP contribution is -2.42. The Labute approximate surface area is 200 Å². The van der Waals surface area contributed by atoms with Gasteiger partial charge in [-0.25, -0.2) is 37.3 Å². The Morgan fingerprint density at radius 2 is 2.18 bits per heavy atom. The maximum Gasteiger partial charge on any atom is 0.283 e. The number of hydrogen-bond acceptors (Lipinski definition) is 6. The minimum atomic E-state index is -3.62. The summed E-state index contributed by atoms with van der Waals surface area (Å²) in [5, 5.41) is 4.41. The van der Waals surface area contributed by atoms with Crippen molar-refractivity contribution in [2.45, 2.75) is 17.9 Å². The van der Waals surface area contributed by atoms with Crippen LogP contribution >= 0.6 is 11.6 Å². The third-order valence-electron chi connectivity index (χ3n) is 5.87. The quantitative estimate of drug-likeness (QED) is 0.346. The number of aromatic nitrogens is 6. The van der Waals surface area contributed by atoms with Gasteiger partial charge in [-0.3, -0.25) is 0 Å². The molecule has 0 amide bonds. The number of nitrogens with one attached hydrogen (secondary N) is 3. The van der Waals surface area contributed by atoms with Crippen molar-refractivity contribution >= 4 is 38.5 Å². The summed E-state index contributed by atoms with van der Waals surface area (Å²) in [6.07, 6.45) is 9.03. The van der Waals surface area contributed by atoms with Crippen molar-refractivity contribution < 1.29 is 17.4 Å². The van der Waals surface area contributed by atoms with Crippen molar-refractivity contribution in [3.63, 3.8) is 0 Å². The molecule has 4 aromatic heterocycles. The van der Waals surface area contributed by atoms with Crippen LogP contribution in [0.2, 0.25) is 5.02 Å². The first kappa shape index (κ1) is 22.7. The topological polar surface area (TPSA) is 124 Å². The molecule has 0 radical (unpaired) electrons. The zero-order valence-corrected chi connectivity index (χ0v) is 19.9. The minimum Gasteiger partial charge on any atom is -0.367 e. The number of fused-ring (bicyclic) bond motifs is 1. The number of rotatable bonds is 6. The molecule has 1 unspecified atom stereocenters. The fourth-order valence-corrected chi connectivity index (χ4v) is 5.86. The number of aryl methyl sites for hydroxylation is 1. The Balaban J connectivity index is 1.32. The summed E-state index contributed by atoms with van der Waals surface area (Å²) in [5.74, 6) is -0.197. The zero-order valence-electron chi connectivity index (χ0n) is 18.3. The molecule has 0 bridgehead atoms. The van der Waals surface area contributed by atoms with Crippen molar-refractivity contribution in [1.82, 2.24) is 29.2 Å². The smallest absolute Gasteiger partial charge is 0.283 e. The molecule has 0 saturated carbocycles. The van der Waals surface area contributed by atoms with E-state index in [2.05, 4.69) is 30.2 Å². The van der Waals surface area contributed by atoms with Crippen LogP contribution in [-0.4, -0.2) is 57.3 Å². The second kappa shape index (κ2) is 8.93. The highest BCUT2D eigenvalue weighted by atomic mass is 35.5. The van der Waals surface area contributed by atoms with Crippen LogP contribution in [-0.2, 0) is 17.1 Å². The van der Waals surface area contributed by atoms with Crippen LogP contribution < -0.4 is 9.88 Å². The van der Waals surface area contributed by atoms with E-state index in [1.165, 1.54) is 10.5 Å². The highest BCUT2D eigenvalue weighted by Crippen LogP contribution is 2.28. The van der Waals surface area contributed by atoms with Crippen molar-refractivity contribution in [3.05, 3.63) is 48.0 Å². The first-order chi connectivity index (χ1) is 16.3.